The third-order valence-corrected chi connectivity index (χ3v) is 6.34. The molecule has 2 rings (SSSR count). The summed E-state index contributed by atoms with van der Waals surface area (Å²) < 4.78 is 40.1. The van der Waals surface area contributed by atoms with Crippen molar-refractivity contribution >= 4 is 10.0 Å². The van der Waals surface area contributed by atoms with E-state index < -0.39 is 10.0 Å². The predicted molar refractivity (Wildman–Crippen MR) is 98.2 cm³/mol. The molecule has 2 aromatic rings. The Morgan fingerprint density at radius 2 is 1.64 bits per heavy atom. The first-order valence-corrected chi connectivity index (χ1v) is 9.91. The maximum Gasteiger partial charge on any atom is 0.243 e. The van der Waals surface area contributed by atoms with Gasteiger partial charge in [-0.1, -0.05) is 44.2 Å². The van der Waals surface area contributed by atoms with E-state index >= 15 is 0 Å². The molecule has 0 heterocycles. The molecule has 0 bridgehead atoms. The van der Waals surface area contributed by atoms with Crippen LogP contribution < -0.4 is 5.32 Å². The zero-order valence-corrected chi connectivity index (χ0v) is 15.7. The van der Waals surface area contributed by atoms with Crippen molar-refractivity contribution in [1.29, 1.82) is 0 Å². The van der Waals surface area contributed by atoms with E-state index in [9.17, 15) is 12.8 Å². The van der Waals surface area contributed by atoms with Gasteiger partial charge in [0.05, 0.1) is 4.90 Å². The van der Waals surface area contributed by atoms with Gasteiger partial charge in [0, 0.05) is 31.2 Å². The number of nitrogens with zero attached hydrogens (tertiary/aromatic N) is 1. The van der Waals surface area contributed by atoms with Gasteiger partial charge >= 0.3 is 0 Å². The third-order valence-electron chi connectivity index (χ3n) is 4.28. The average molecular weight is 364 g/mol. The maximum absolute atomic E-state index is 13.7. The fraction of sp³-hybridized carbons (Fsp3) is 0.368. The molecule has 0 fully saturated rings. The van der Waals surface area contributed by atoms with Crippen LogP contribution >= 0.6 is 0 Å². The molecule has 1 atom stereocenters. The van der Waals surface area contributed by atoms with E-state index in [4.69, 9.17) is 0 Å². The Morgan fingerprint density at radius 3 is 2.20 bits per heavy atom. The second-order valence-corrected chi connectivity index (χ2v) is 7.79. The molecule has 0 aliphatic heterocycles. The van der Waals surface area contributed by atoms with Gasteiger partial charge in [-0.3, -0.25) is 0 Å². The van der Waals surface area contributed by atoms with Crippen molar-refractivity contribution in [2.75, 3.05) is 13.1 Å². The summed E-state index contributed by atoms with van der Waals surface area (Å²) in [7, 11) is -3.44. The highest BCUT2D eigenvalue weighted by Gasteiger charge is 2.21. The number of halogens is 1. The van der Waals surface area contributed by atoms with Gasteiger partial charge in [-0.05, 0) is 30.7 Å². The lowest BCUT2D eigenvalue weighted by atomic mass is 10.1. The first-order valence-electron chi connectivity index (χ1n) is 8.47. The van der Waals surface area contributed by atoms with Gasteiger partial charge in [0.1, 0.15) is 5.82 Å². The molecule has 25 heavy (non-hydrogen) atoms. The van der Waals surface area contributed by atoms with Gasteiger partial charge in [-0.15, -0.1) is 0 Å². The number of sulfonamides is 1. The monoisotopic (exact) mass is 364 g/mol. The van der Waals surface area contributed by atoms with Crippen molar-refractivity contribution in [2.24, 2.45) is 0 Å². The Kier molecular flexibility index (Phi) is 6.70. The standard InChI is InChI=1S/C19H25FN2O2S/c1-4-22(5-2)25(23,24)18-12-10-16(11-13-18)15(3)21-14-17-8-6-7-9-19(17)20/h6-13,15,21H,4-5,14H2,1-3H3. The predicted octanol–water partition coefficient (Wildman–Crippen LogP) is 3.71. The van der Waals surface area contributed by atoms with E-state index in [1.165, 1.54) is 10.4 Å². The lowest BCUT2D eigenvalue weighted by molar-refractivity contribution is 0.445. The van der Waals surface area contributed by atoms with Crippen molar-refractivity contribution in [3.63, 3.8) is 0 Å². The van der Waals surface area contributed by atoms with E-state index in [-0.39, 0.29) is 11.9 Å². The Morgan fingerprint density at radius 1 is 1.04 bits per heavy atom. The number of rotatable bonds is 8. The summed E-state index contributed by atoms with van der Waals surface area (Å²) in [5, 5.41) is 3.26. The molecule has 0 radical (unpaired) electrons. The molecule has 0 saturated heterocycles. The summed E-state index contributed by atoms with van der Waals surface area (Å²) in [6, 6.07) is 13.5. The van der Waals surface area contributed by atoms with Crippen molar-refractivity contribution in [3.05, 3.63) is 65.5 Å². The molecule has 1 unspecified atom stereocenters. The Hall–Kier alpha value is -1.76. The summed E-state index contributed by atoms with van der Waals surface area (Å²) in [5.41, 5.74) is 1.56. The van der Waals surface area contributed by atoms with Crippen molar-refractivity contribution in [1.82, 2.24) is 9.62 Å². The van der Waals surface area contributed by atoms with E-state index in [0.717, 1.165) is 5.56 Å². The molecule has 2 aromatic carbocycles. The molecule has 0 aromatic heterocycles. The van der Waals surface area contributed by atoms with Gasteiger partial charge in [0.25, 0.3) is 0 Å². The molecule has 136 valence electrons. The molecule has 0 aliphatic rings. The second kappa shape index (κ2) is 8.56. The van der Waals surface area contributed by atoms with Crippen LogP contribution in [0.3, 0.4) is 0 Å². The van der Waals surface area contributed by atoms with Gasteiger partial charge < -0.3 is 5.32 Å². The Labute approximate surface area is 149 Å². The Balaban J connectivity index is 2.08. The van der Waals surface area contributed by atoms with Gasteiger partial charge in [0.15, 0.2) is 0 Å². The lowest BCUT2D eigenvalue weighted by Crippen LogP contribution is -2.30. The first kappa shape index (κ1) is 19.6. The molecular weight excluding hydrogens is 339 g/mol. The summed E-state index contributed by atoms with van der Waals surface area (Å²) in [6.07, 6.45) is 0. The number of nitrogens with one attached hydrogen (secondary N) is 1. The van der Waals surface area contributed by atoms with E-state index in [2.05, 4.69) is 5.32 Å². The summed E-state index contributed by atoms with van der Waals surface area (Å²) in [5.74, 6) is -0.233. The summed E-state index contributed by atoms with van der Waals surface area (Å²) in [6.45, 7) is 6.92. The number of benzene rings is 2. The maximum atomic E-state index is 13.7. The highest BCUT2D eigenvalue weighted by atomic mass is 32.2. The van der Waals surface area contributed by atoms with E-state index in [0.29, 0.717) is 30.1 Å². The number of hydrogen-bond donors (Lipinski definition) is 1. The molecule has 0 aliphatic carbocycles. The minimum Gasteiger partial charge on any atom is -0.306 e. The second-order valence-electron chi connectivity index (χ2n) is 5.85. The van der Waals surface area contributed by atoms with E-state index in [1.807, 2.05) is 20.8 Å². The van der Waals surface area contributed by atoms with Crippen molar-refractivity contribution < 1.29 is 12.8 Å². The van der Waals surface area contributed by atoms with Crippen LogP contribution in [0.15, 0.2) is 53.4 Å². The minimum atomic E-state index is -3.44. The van der Waals surface area contributed by atoms with Crippen LogP contribution in [0.2, 0.25) is 0 Å². The van der Waals surface area contributed by atoms with Crippen LogP contribution in [-0.2, 0) is 16.6 Å². The minimum absolute atomic E-state index is 0.0233. The summed E-state index contributed by atoms with van der Waals surface area (Å²) in [4.78, 5) is 0.293. The van der Waals surface area contributed by atoms with Crippen LogP contribution in [0.25, 0.3) is 0 Å². The molecule has 0 saturated carbocycles. The largest absolute Gasteiger partial charge is 0.306 e. The molecular formula is C19H25FN2O2S. The van der Waals surface area contributed by atoms with Crippen LogP contribution in [0.5, 0.6) is 0 Å². The zero-order valence-electron chi connectivity index (χ0n) is 14.9. The van der Waals surface area contributed by atoms with Gasteiger partial charge in [-0.25, -0.2) is 12.8 Å². The normalized spacial score (nSPS) is 13.2. The fourth-order valence-corrected chi connectivity index (χ4v) is 4.12. The quantitative estimate of drug-likeness (QED) is 0.777. The SMILES string of the molecule is CCN(CC)S(=O)(=O)c1ccc(C(C)NCc2ccccc2F)cc1. The van der Waals surface area contributed by atoms with Gasteiger partial charge in [0.2, 0.25) is 10.0 Å². The average Bonchev–Trinajstić information content (AvgIpc) is 2.61. The fourth-order valence-electron chi connectivity index (χ4n) is 2.66. The zero-order chi connectivity index (χ0) is 18.4. The number of hydrogen-bond acceptors (Lipinski definition) is 3. The Bertz CT molecular complexity index is 787. The first-order chi connectivity index (χ1) is 11.9. The lowest BCUT2D eigenvalue weighted by Gasteiger charge is -2.19. The third kappa shape index (κ3) is 4.66. The van der Waals surface area contributed by atoms with Crippen molar-refractivity contribution in [2.45, 2.75) is 38.3 Å². The van der Waals surface area contributed by atoms with Crippen LogP contribution in [0, 0.1) is 5.82 Å². The van der Waals surface area contributed by atoms with Gasteiger partial charge in [-0.2, -0.15) is 4.31 Å². The molecule has 1 N–H and O–H groups in total. The molecule has 6 heteroatoms. The van der Waals surface area contributed by atoms with Crippen LogP contribution in [0.4, 0.5) is 4.39 Å². The summed E-state index contributed by atoms with van der Waals surface area (Å²) >= 11 is 0. The van der Waals surface area contributed by atoms with Crippen LogP contribution in [-0.4, -0.2) is 25.8 Å². The van der Waals surface area contributed by atoms with Crippen LogP contribution in [0.1, 0.15) is 37.9 Å². The highest BCUT2D eigenvalue weighted by Crippen LogP contribution is 2.20. The van der Waals surface area contributed by atoms with E-state index in [1.54, 1.807) is 42.5 Å². The molecule has 0 spiro atoms. The smallest absolute Gasteiger partial charge is 0.243 e. The van der Waals surface area contributed by atoms with Crippen molar-refractivity contribution in [3.8, 4) is 0 Å². The molecule has 4 nitrogen and oxygen atoms in total. The highest BCUT2D eigenvalue weighted by molar-refractivity contribution is 7.89. The topological polar surface area (TPSA) is 49.4 Å². The molecule has 0 amide bonds.